The van der Waals surface area contributed by atoms with Crippen LogP contribution in [0, 0.1) is 0 Å². The number of aromatic nitrogens is 4. The summed E-state index contributed by atoms with van der Waals surface area (Å²) in [7, 11) is 0. The van der Waals surface area contributed by atoms with Gasteiger partial charge in [0.25, 0.3) is 5.91 Å². The Morgan fingerprint density at radius 3 is 2.70 bits per heavy atom. The number of nitrogens with one attached hydrogen (secondary N) is 1. The van der Waals surface area contributed by atoms with E-state index >= 15 is 0 Å². The monoisotopic (exact) mass is 407 g/mol. The van der Waals surface area contributed by atoms with Crippen LogP contribution in [-0.4, -0.2) is 36.5 Å². The van der Waals surface area contributed by atoms with Gasteiger partial charge in [-0.3, -0.25) is 19.0 Å². The number of aliphatic carboxylic acids is 1. The highest BCUT2D eigenvalue weighted by Crippen LogP contribution is 2.23. The summed E-state index contributed by atoms with van der Waals surface area (Å²) in [5.74, 6) is -1.01. The van der Waals surface area contributed by atoms with Crippen LogP contribution in [0.2, 0.25) is 10.0 Å². The maximum absolute atomic E-state index is 12.4. The summed E-state index contributed by atoms with van der Waals surface area (Å²) < 4.78 is 2.99. The first kappa shape index (κ1) is 18.9. The molecule has 1 aromatic carbocycles. The lowest BCUT2D eigenvalue weighted by Crippen LogP contribution is -2.19. The highest BCUT2D eigenvalue weighted by atomic mass is 35.5. The quantitative estimate of drug-likeness (QED) is 0.625. The number of benzene rings is 1. The molecule has 0 saturated heterocycles. The number of carbonyl (C=O) groups excluding carboxylic acids is 1. The average molecular weight is 408 g/mol. The van der Waals surface area contributed by atoms with Gasteiger partial charge in [0.1, 0.15) is 5.69 Å². The second-order valence-corrected chi connectivity index (χ2v) is 6.50. The molecule has 0 unspecified atom stereocenters. The number of amides is 1. The fourth-order valence-electron chi connectivity index (χ4n) is 2.43. The third-order valence-corrected chi connectivity index (χ3v) is 4.44. The molecule has 0 aliphatic carbocycles. The van der Waals surface area contributed by atoms with E-state index in [-0.39, 0.29) is 18.7 Å². The molecule has 8 nitrogen and oxygen atoms in total. The molecule has 10 heteroatoms. The molecule has 140 valence electrons. The number of hydrogen-bond acceptors (Lipinski definition) is 4. The van der Waals surface area contributed by atoms with Crippen LogP contribution in [0.15, 0.2) is 42.7 Å². The molecule has 0 saturated carbocycles. The molecule has 0 radical (unpaired) electrons. The van der Waals surface area contributed by atoms with E-state index in [1.54, 1.807) is 29.1 Å². The largest absolute Gasteiger partial charge is 0.481 e. The Balaban J connectivity index is 1.65. The van der Waals surface area contributed by atoms with Crippen molar-refractivity contribution in [1.82, 2.24) is 19.6 Å². The van der Waals surface area contributed by atoms with Crippen LogP contribution in [0.5, 0.6) is 0 Å². The summed E-state index contributed by atoms with van der Waals surface area (Å²) in [5, 5.41) is 20.6. The number of carbonyl (C=O) groups is 2. The first-order valence-corrected chi connectivity index (χ1v) is 8.70. The summed E-state index contributed by atoms with van der Waals surface area (Å²) in [6.45, 7) is 0.570. The van der Waals surface area contributed by atoms with Gasteiger partial charge in [0, 0.05) is 18.5 Å². The van der Waals surface area contributed by atoms with Gasteiger partial charge >= 0.3 is 5.97 Å². The number of carboxylic acids is 1. The Bertz CT molecular complexity index is 983. The van der Waals surface area contributed by atoms with Gasteiger partial charge in [-0.25, -0.2) is 0 Å². The SMILES string of the molecule is O=C(O)CCn1nccc1C(=O)Nc1ccn(Cc2ccc(Cl)c(Cl)c2)n1. The van der Waals surface area contributed by atoms with E-state index in [0.29, 0.717) is 22.4 Å². The van der Waals surface area contributed by atoms with E-state index in [4.69, 9.17) is 28.3 Å². The van der Waals surface area contributed by atoms with Crippen molar-refractivity contribution >= 4 is 40.9 Å². The van der Waals surface area contributed by atoms with Crippen molar-refractivity contribution in [2.75, 3.05) is 5.32 Å². The van der Waals surface area contributed by atoms with E-state index in [2.05, 4.69) is 15.5 Å². The number of anilines is 1. The van der Waals surface area contributed by atoms with Crippen LogP contribution >= 0.6 is 23.2 Å². The average Bonchev–Trinajstić information content (AvgIpc) is 3.25. The molecular formula is C17H15Cl2N5O3. The molecule has 3 rings (SSSR count). The molecule has 3 aromatic rings. The second-order valence-electron chi connectivity index (χ2n) is 5.68. The lowest BCUT2D eigenvalue weighted by molar-refractivity contribution is -0.137. The number of hydrogen-bond donors (Lipinski definition) is 2. The molecule has 0 spiro atoms. The summed E-state index contributed by atoms with van der Waals surface area (Å²) in [6, 6.07) is 8.49. The lowest BCUT2D eigenvalue weighted by Gasteiger charge is -2.06. The minimum Gasteiger partial charge on any atom is -0.481 e. The molecule has 2 aromatic heterocycles. The van der Waals surface area contributed by atoms with Gasteiger partial charge in [0.2, 0.25) is 0 Å². The number of nitrogens with zero attached hydrogens (tertiary/aromatic N) is 4. The topological polar surface area (TPSA) is 102 Å². The fourth-order valence-corrected chi connectivity index (χ4v) is 2.75. The van der Waals surface area contributed by atoms with Crippen LogP contribution in [0.4, 0.5) is 5.82 Å². The smallest absolute Gasteiger partial charge is 0.305 e. The Kier molecular flexibility index (Phi) is 5.78. The van der Waals surface area contributed by atoms with Crippen LogP contribution in [0.1, 0.15) is 22.5 Å². The lowest BCUT2D eigenvalue weighted by atomic mass is 10.2. The third-order valence-electron chi connectivity index (χ3n) is 3.70. The van der Waals surface area contributed by atoms with Gasteiger partial charge in [0.05, 0.1) is 29.6 Å². The molecule has 0 bridgehead atoms. The summed E-state index contributed by atoms with van der Waals surface area (Å²) >= 11 is 11.9. The van der Waals surface area contributed by atoms with Gasteiger partial charge in [0.15, 0.2) is 5.82 Å². The van der Waals surface area contributed by atoms with Crippen molar-refractivity contribution in [2.45, 2.75) is 19.5 Å². The van der Waals surface area contributed by atoms with E-state index < -0.39 is 11.9 Å². The molecule has 2 N–H and O–H groups in total. The molecule has 0 fully saturated rings. The number of carboxylic acid groups (broad SMARTS) is 1. The van der Waals surface area contributed by atoms with E-state index in [0.717, 1.165) is 5.56 Å². The molecule has 0 aliphatic rings. The van der Waals surface area contributed by atoms with Gasteiger partial charge in [-0.2, -0.15) is 10.2 Å². The Morgan fingerprint density at radius 2 is 1.96 bits per heavy atom. The van der Waals surface area contributed by atoms with Crippen molar-refractivity contribution in [2.24, 2.45) is 0 Å². The molecule has 1 amide bonds. The second kappa shape index (κ2) is 8.24. The van der Waals surface area contributed by atoms with Crippen molar-refractivity contribution in [3.63, 3.8) is 0 Å². The van der Waals surface area contributed by atoms with E-state index in [9.17, 15) is 9.59 Å². The first-order valence-electron chi connectivity index (χ1n) is 7.95. The predicted octanol–water partition coefficient (Wildman–Crippen LogP) is 3.16. The Morgan fingerprint density at radius 1 is 1.15 bits per heavy atom. The van der Waals surface area contributed by atoms with E-state index in [1.807, 2.05) is 6.07 Å². The summed E-state index contributed by atoms with van der Waals surface area (Å²) in [4.78, 5) is 23.1. The molecule has 0 aliphatic heterocycles. The standard InChI is InChI=1S/C17H15Cl2N5O3/c18-12-2-1-11(9-13(12)19)10-23-7-4-15(22-23)21-17(27)14-3-6-20-24(14)8-5-16(25)26/h1-4,6-7,9H,5,8,10H2,(H,25,26)(H,21,22,27). The predicted molar refractivity (Wildman–Crippen MR) is 100 cm³/mol. The van der Waals surface area contributed by atoms with Crippen LogP contribution in [0.3, 0.4) is 0 Å². The van der Waals surface area contributed by atoms with Crippen molar-refractivity contribution in [1.29, 1.82) is 0 Å². The Labute approximate surface area is 164 Å². The normalized spacial score (nSPS) is 10.7. The number of rotatable bonds is 7. The fraction of sp³-hybridized carbons (Fsp3) is 0.176. The third kappa shape index (κ3) is 4.87. The Hall–Kier alpha value is -2.84. The first-order chi connectivity index (χ1) is 12.9. The number of aryl methyl sites for hydroxylation is 1. The van der Waals surface area contributed by atoms with Crippen molar-refractivity contribution in [3.05, 3.63) is 64.0 Å². The molecular weight excluding hydrogens is 393 g/mol. The van der Waals surface area contributed by atoms with Crippen LogP contribution < -0.4 is 5.32 Å². The van der Waals surface area contributed by atoms with E-state index in [1.165, 1.54) is 16.9 Å². The maximum Gasteiger partial charge on any atom is 0.305 e. The number of halogens is 2. The van der Waals surface area contributed by atoms with Crippen molar-refractivity contribution in [3.8, 4) is 0 Å². The molecule has 0 atom stereocenters. The molecule has 27 heavy (non-hydrogen) atoms. The van der Waals surface area contributed by atoms with Gasteiger partial charge in [-0.05, 0) is 23.8 Å². The van der Waals surface area contributed by atoms with Crippen LogP contribution in [-0.2, 0) is 17.9 Å². The van der Waals surface area contributed by atoms with Gasteiger partial charge in [-0.15, -0.1) is 0 Å². The maximum atomic E-state index is 12.4. The zero-order valence-corrected chi connectivity index (χ0v) is 15.5. The summed E-state index contributed by atoms with van der Waals surface area (Å²) in [6.07, 6.45) is 3.04. The summed E-state index contributed by atoms with van der Waals surface area (Å²) in [5.41, 5.74) is 1.17. The zero-order valence-electron chi connectivity index (χ0n) is 14.0. The molecule has 2 heterocycles. The van der Waals surface area contributed by atoms with Gasteiger partial charge < -0.3 is 10.4 Å². The highest BCUT2D eigenvalue weighted by Gasteiger charge is 2.14. The van der Waals surface area contributed by atoms with Crippen molar-refractivity contribution < 1.29 is 14.7 Å². The van der Waals surface area contributed by atoms with Crippen LogP contribution in [0.25, 0.3) is 0 Å². The highest BCUT2D eigenvalue weighted by molar-refractivity contribution is 6.42. The minimum atomic E-state index is -0.960. The zero-order chi connectivity index (χ0) is 19.4. The van der Waals surface area contributed by atoms with Gasteiger partial charge in [-0.1, -0.05) is 29.3 Å². The minimum absolute atomic E-state index is 0.108.